The number of fused-ring (bicyclic) bond motifs is 2. The maximum Gasteiger partial charge on any atom is 0.119 e. The summed E-state index contributed by atoms with van der Waals surface area (Å²) in [4.78, 5) is 10.1. The first kappa shape index (κ1) is 30.9. The van der Waals surface area contributed by atoms with Gasteiger partial charge in [-0.1, -0.05) is 24.3 Å². The number of ether oxygens (including phenoxy) is 7. The van der Waals surface area contributed by atoms with E-state index < -0.39 is 0 Å². The van der Waals surface area contributed by atoms with Crippen molar-refractivity contribution in [3.63, 3.8) is 0 Å². The Labute approximate surface area is 263 Å². The Hall–Kier alpha value is -4.12. The standard InChI is InChI=1S/C36H38N2O7/c1-2-30-8-14-34-28-5-11-32(12-6-28)45-26-24-43-22-20-41-18-16-39-15-17-40-19-21-42-23-25-44-31-9-3-27(4-10-31)33-13-7-29(1)35(37-33)36(30)38-34/h1-14H,15-26H2. The monoisotopic (exact) mass is 610 g/mol. The highest BCUT2D eigenvalue weighted by Crippen LogP contribution is 2.30. The van der Waals surface area contributed by atoms with Crippen molar-refractivity contribution in [1.29, 1.82) is 0 Å². The fourth-order valence-corrected chi connectivity index (χ4v) is 4.95. The number of aromatic nitrogens is 2. The predicted molar refractivity (Wildman–Crippen MR) is 173 cm³/mol. The molecule has 5 aromatic rings. The summed E-state index contributed by atoms with van der Waals surface area (Å²) in [6.07, 6.45) is 0. The molecular formula is C36H38N2O7. The molecule has 0 spiro atoms. The molecule has 8 bridgehead atoms. The van der Waals surface area contributed by atoms with Crippen LogP contribution >= 0.6 is 0 Å². The van der Waals surface area contributed by atoms with E-state index in [2.05, 4.69) is 24.3 Å². The molecule has 3 aliphatic heterocycles. The first-order valence-corrected chi connectivity index (χ1v) is 15.4. The molecule has 0 fully saturated rings. The highest BCUT2D eigenvalue weighted by Gasteiger charge is 2.10. The van der Waals surface area contributed by atoms with E-state index >= 15 is 0 Å². The second-order valence-corrected chi connectivity index (χ2v) is 10.4. The molecule has 3 aliphatic rings. The molecule has 9 heteroatoms. The highest BCUT2D eigenvalue weighted by atomic mass is 16.6. The van der Waals surface area contributed by atoms with Gasteiger partial charge in [-0.05, 0) is 60.7 Å². The van der Waals surface area contributed by atoms with Gasteiger partial charge in [-0.2, -0.15) is 0 Å². The summed E-state index contributed by atoms with van der Waals surface area (Å²) >= 11 is 0. The van der Waals surface area contributed by atoms with Gasteiger partial charge in [-0.3, -0.25) is 0 Å². The lowest BCUT2D eigenvalue weighted by molar-refractivity contribution is -0.0141. The van der Waals surface area contributed by atoms with Crippen LogP contribution in [0.25, 0.3) is 44.3 Å². The van der Waals surface area contributed by atoms with Gasteiger partial charge in [-0.15, -0.1) is 0 Å². The van der Waals surface area contributed by atoms with Gasteiger partial charge in [0.15, 0.2) is 0 Å². The average Bonchev–Trinajstić information content (AvgIpc) is 3.09. The third kappa shape index (κ3) is 8.75. The number of rotatable bonds is 0. The van der Waals surface area contributed by atoms with Gasteiger partial charge in [0.05, 0.1) is 88.5 Å². The van der Waals surface area contributed by atoms with Crippen molar-refractivity contribution in [3.05, 3.63) is 84.9 Å². The molecule has 0 amide bonds. The first-order chi connectivity index (χ1) is 22.3. The van der Waals surface area contributed by atoms with Gasteiger partial charge in [0, 0.05) is 21.9 Å². The molecule has 2 aromatic heterocycles. The average molecular weight is 611 g/mol. The predicted octanol–water partition coefficient (Wildman–Crippen LogP) is 5.97. The topological polar surface area (TPSA) is 90.4 Å². The van der Waals surface area contributed by atoms with Crippen LogP contribution in [0.1, 0.15) is 0 Å². The lowest BCUT2D eigenvalue weighted by Gasteiger charge is -2.10. The fraction of sp³-hybridized carbons (Fsp3) is 0.333. The zero-order valence-corrected chi connectivity index (χ0v) is 25.3. The number of hydrogen-bond donors (Lipinski definition) is 0. The maximum atomic E-state index is 5.86. The van der Waals surface area contributed by atoms with Crippen molar-refractivity contribution in [1.82, 2.24) is 9.97 Å². The molecule has 5 heterocycles. The Kier molecular flexibility index (Phi) is 11.2. The molecule has 45 heavy (non-hydrogen) atoms. The molecule has 9 nitrogen and oxygen atoms in total. The summed E-state index contributed by atoms with van der Waals surface area (Å²) in [5.74, 6) is 1.56. The van der Waals surface area contributed by atoms with Crippen molar-refractivity contribution in [2.24, 2.45) is 0 Å². The number of nitrogens with zero attached hydrogens (tertiary/aromatic N) is 2. The minimum Gasteiger partial charge on any atom is -0.491 e. The Morgan fingerprint density at radius 2 is 0.644 bits per heavy atom. The van der Waals surface area contributed by atoms with Crippen LogP contribution in [0.4, 0.5) is 0 Å². The normalized spacial score (nSPS) is 16.6. The fourth-order valence-electron chi connectivity index (χ4n) is 4.95. The van der Waals surface area contributed by atoms with Crippen LogP contribution in [0.3, 0.4) is 0 Å². The maximum absolute atomic E-state index is 5.86. The minimum absolute atomic E-state index is 0.456. The second-order valence-electron chi connectivity index (χ2n) is 10.4. The summed E-state index contributed by atoms with van der Waals surface area (Å²) in [6.45, 7) is 5.93. The number of hydrogen-bond acceptors (Lipinski definition) is 9. The Bertz CT molecular complexity index is 1520. The van der Waals surface area contributed by atoms with Gasteiger partial charge in [-0.25, -0.2) is 9.97 Å². The molecular weight excluding hydrogens is 572 g/mol. The number of pyridine rings is 2. The third-order valence-electron chi connectivity index (χ3n) is 7.30. The van der Waals surface area contributed by atoms with E-state index in [0.29, 0.717) is 79.3 Å². The van der Waals surface area contributed by atoms with Crippen molar-refractivity contribution in [2.75, 3.05) is 79.3 Å². The van der Waals surface area contributed by atoms with E-state index in [1.54, 1.807) is 0 Å². The van der Waals surface area contributed by atoms with Crippen LogP contribution in [0.15, 0.2) is 84.9 Å². The summed E-state index contributed by atoms with van der Waals surface area (Å²) in [5, 5.41) is 2.08. The van der Waals surface area contributed by atoms with E-state index in [1.165, 1.54) is 0 Å². The van der Waals surface area contributed by atoms with Gasteiger partial charge < -0.3 is 33.2 Å². The van der Waals surface area contributed by atoms with Crippen LogP contribution in [-0.2, 0) is 23.7 Å². The van der Waals surface area contributed by atoms with Gasteiger partial charge in [0.25, 0.3) is 0 Å². The second kappa shape index (κ2) is 16.3. The molecule has 0 aliphatic carbocycles. The minimum atomic E-state index is 0.456. The summed E-state index contributed by atoms with van der Waals surface area (Å²) in [7, 11) is 0. The quantitative estimate of drug-likeness (QED) is 0.197. The smallest absolute Gasteiger partial charge is 0.119 e. The molecule has 3 aromatic carbocycles. The largest absolute Gasteiger partial charge is 0.491 e. The molecule has 0 saturated carbocycles. The lowest BCUT2D eigenvalue weighted by atomic mass is 10.1. The zero-order chi connectivity index (χ0) is 30.5. The summed E-state index contributed by atoms with van der Waals surface area (Å²) in [6, 6.07) is 28.4. The third-order valence-corrected chi connectivity index (χ3v) is 7.30. The molecule has 234 valence electrons. The van der Waals surface area contributed by atoms with Crippen molar-refractivity contribution < 1.29 is 33.2 Å². The van der Waals surface area contributed by atoms with Crippen molar-refractivity contribution in [2.45, 2.75) is 0 Å². The molecule has 8 rings (SSSR count). The van der Waals surface area contributed by atoms with E-state index in [-0.39, 0.29) is 0 Å². The molecule has 0 N–H and O–H groups in total. The Morgan fingerprint density at radius 1 is 0.333 bits per heavy atom. The first-order valence-electron chi connectivity index (χ1n) is 15.4. The van der Waals surface area contributed by atoms with E-state index in [0.717, 1.165) is 55.8 Å². The zero-order valence-electron chi connectivity index (χ0n) is 25.3. The van der Waals surface area contributed by atoms with Crippen molar-refractivity contribution in [3.8, 4) is 34.0 Å². The van der Waals surface area contributed by atoms with Crippen LogP contribution < -0.4 is 9.47 Å². The van der Waals surface area contributed by atoms with E-state index in [9.17, 15) is 0 Å². The molecule has 0 saturated heterocycles. The van der Waals surface area contributed by atoms with Crippen molar-refractivity contribution >= 4 is 21.8 Å². The Balaban J connectivity index is 1.17. The van der Waals surface area contributed by atoms with E-state index in [1.807, 2.05) is 60.7 Å². The summed E-state index contributed by atoms with van der Waals surface area (Å²) < 4.78 is 39.6. The van der Waals surface area contributed by atoms with Crippen LogP contribution in [0, 0.1) is 0 Å². The summed E-state index contributed by atoms with van der Waals surface area (Å²) in [5.41, 5.74) is 5.50. The van der Waals surface area contributed by atoms with E-state index in [4.69, 9.17) is 43.1 Å². The molecule has 0 radical (unpaired) electrons. The SMILES string of the molecule is c1cc2ccc1OCCOCCOCCOCCOCCOCCOc1ccc(cc1)-c1ccc3ccc4ccc-2nc4c3n1. The number of benzene rings is 3. The van der Waals surface area contributed by atoms with Gasteiger partial charge in [0.2, 0.25) is 0 Å². The van der Waals surface area contributed by atoms with Gasteiger partial charge >= 0.3 is 0 Å². The highest BCUT2D eigenvalue weighted by molar-refractivity contribution is 6.04. The van der Waals surface area contributed by atoms with Crippen LogP contribution in [0.5, 0.6) is 11.5 Å². The van der Waals surface area contributed by atoms with Gasteiger partial charge in [0.1, 0.15) is 24.7 Å². The molecule has 0 atom stereocenters. The van der Waals surface area contributed by atoms with Crippen LogP contribution in [0.2, 0.25) is 0 Å². The Morgan fingerprint density at radius 3 is 1.00 bits per heavy atom. The van der Waals surface area contributed by atoms with Crippen LogP contribution in [-0.4, -0.2) is 89.3 Å². The lowest BCUT2D eigenvalue weighted by Crippen LogP contribution is -2.15. The molecule has 0 unspecified atom stereocenters.